The van der Waals surface area contributed by atoms with E-state index in [1.54, 1.807) is 30.3 Å². The zero-order valence-electron chi connectivity index (χ0n) is 9.84. The quantitative estimate of drug-likeness (QED) is 0.884. The third kappa shape index (κ3) is 3.43. The number of halogens is 1. The fraction of sp³-hybridized carbons (Fsp3) is 0.0769. The van der Waals surface area contributed by atoms with Crippen LogP contribution >= 0.6 is 21.1 Å². The summed E-state index contributed by atoms with van der Waals surface area (Å²) in [6, 6.07) is 9.84. The zero-order valence-corrected chi connectivity index (χ0v) is 11.7. The molecule has 0 aliphatic carbocycles. The van der Waals surface area contributed by atoms with Crippen LogP contribution in [-0.4, -0.2) is 16.1 Å². The van der Waals surface area contributed by atoms with Gasteiger partial charge in [-0.15, -0.1) is 0 Å². The molecule has 0 amide bonds. The molecule has 2 aromatic rings. The molecule has 0 radical (unpaired) electrons. The largest absolute Gasteiger partial charge is 0.508 e. The minimum absolute atomic E-state index is 0.144. The topological polar surface area (TPSA) is 59.4 Å². The van der Waals surface area contributed by atoms with Crippen molar-refractivity contribution in [2.45, 2.75) is 6.42 Å². The average molecular weight is 296 g/mol. The highest BCUT2D eigenvalue weighted by atomic mass is 35.5. The molecule has 0 fully saturated rings. The molecular formula is C13H11ClNO3P. The molecule has 0 aliphatic rings. The number of pyridine rings is 1. The molecule has 1 heterocycles. The van der Waals surface area contributed by atoms with E-state index in [0.29, 0.717) is 22.7 Å². The lowest BCUT2D eigenvalue weighted by atomic mass is 10.1. The Morgan fingerprint density at radius 1 is 1.37 bits per heavy atom. The van der Waals surface area contributed by atoms with Gasteiger partial charge in [0.2, 0.25) is 0 Å². The van der Waals surface area contributed by atoms with Gasteiger partial charge in [-0.1, -0.05) is 17.7 Å². The molecule has 0 bridgehead atoms. The molecule has 0 spiro atoms. The first kappa shape index (κ1) is 13.8. The number of hydrogen-bond donors (Lipinski definition) is 1. The van der Waals surface area contributed by atoms with Crippen LogP contribution in [0.15, 0.2) is 36.4 Å². The molecule has 2 rings (SSSR count). The van der Waals surface area contributed by atoms with Gasteiger partial charge in [-0.25, -0.2) is 9.78 Å². The number of benzene rings is 1. The third-order valence-corrected chi connectivity index (χ3v) is 2.99. The predicted molar refractivity (Wildman–Crippen MR) is 75.3 cm³/mol. The summed E-state index contributed by atoms with van der Waals surface area (Å²) in [6.07, 6.45) is 0.379. The van der Waals surface area contributed by atoms with Gasteiger partial charge < -0.3 is 9.63 Å². The number of aromatic nitrogens is 1. The Morgan fingerprint density at radius 2 is 2.16 bits per heavy atom. The van der Waals surface area contributed by atoms with E-state index in [0.717, 1.165) is 0 Å². The van der Waals surface area contributed by atoms with Crippen LogP contribution in [0.4, 0.5) is 0 Å². The van der Waals surface area contributed by atoms with Gasteiger partial charge in [-0.05, 0) is 30.3 Å². The third-order valence-electron chi connectivity index (χ3n) is 2.54. The molecule has 6 heteroatoms. The Morgan fingerprint density at radius 3 is 2.89 bits per heavy atom. The van der Waals surface area contributed by atoms with Crippen LogP contribution in [0.3, 0.4) is 0 Å². The summed E-state index contributed by atoms with van der Waals surface area (Å²) in [5.41, 5.74) is 1.51. The first-order chi connectivity index (χ1) is 9.10. The van der Waals surface area contributed by atoms with E-state index in [1.165, 1.54) is 6.07 Å². The molecule has 1 N–H and O–H groups in total. The number of aromatic hydroxyl groups is 1. The second-order valence-corrected chi connectivity index (χ2v) is 4.54. The number of carbonyl (C=O) groups is 1. The van der Waals surface area contributed by atoms with Crippen LogP contribution in [0.25, 0.3) is 0 Å². The van der Waals surface area contributed by atoms with Crippen LogP contribution in [0, 0.1) is 0 Å². The maximum absolute atomic E-state index is 11.4. The molecule has 98 valence electrons. The predicted octanol–water partition coefficient (Wildman–Crippen LogP) is 2.98. The summed E-state index contributed by atoms with van der Waals surface area (Å²) in [5.74, 6) is -0.382. The van der Waals surface area contributed by atoms with Gasteiger partial charge in [0.15, 0.2) is 0 Å². The minimum atomic E-state index is -0.526. The fourth-order valence-electron chi connectivity index (χ4n) is 1.64. The Hall–Kier alpha value is -1.64. The summed E-state index contributed by atoms with van der Waals surface area (Å²) < 4.78 is 4.53. The van der Waals surface area contributed by atoms with Crippen molar-refractivity contribution < 1.29 is 14.4 Å². The zero-order chi connectivity index (χ0) is 13.8. The van der Waals surface area contributed by atoms with Crippen LogP contribution < -0.4 is 0 Å². The fourth-order valence-corrected chi connectivity index (χ4v) is 1.96. The summed E-state index contributed by atoms with van der Waals surface area (Å²) in [5, 5.41) is 10.3. The van der Waals surface area contributed by atoms with Crippen molar-refractivity contribution in [3.8, 4) is 5.75 Å². The van der Waals surface area contributed by atoms with Crippen molar-refractivity contribution in [2.75, 3.05) is 0 Å². The van der Waals surface area contributed by atoms with Gasteiger partial charge in [0.25, 0.3) is 0 Å². The van der Waals surface area contributed by atoms with Crippen molar-refractivity contribution in [3.05, 3.63) is 58.4 Å². The Labute approximate surface area is 117 Å². The van der Waals surface area contributed by atoms with E-state index in [9.17, 15) is 9.90 Å². The van der Waals surface area contributed by atoms with Crippen molar-refractivity contribution in [3.63, 3.8) is 0 Å². The highest BCUT2D eigenvalue weighted by Gasteiger charge is 2.09. The number of hydrogen-bond acceptors (Lipinski definition) is 4. The van der Waals surface area contributed by atoms with Crippen molar-refractivity contribution >= 4 is 27.0 Å². The second-order valence-electron chi connectivity index (χ2n) is 3.87. The van der Waals surface area contributed by atoms with Crippen molar-refractivity contribution in [1.29, 1.82) is 0 Å². The van der Waals surface area contributed by atoms with E-state index in [4.69, 9.17) is 11.6 Å². The summed E-state index contributed by atoms with van der Waals surface area (Å²) in [6.45, 7) is 0. The first-order valence-electron chi connectivity index (χ1n) is 5.44. The Kier molecular flexibility index (Phi) is 4.35. The van der Waals surface area contributed by atoms with Crippen LogP contribution in [0.5, 0.6) is 5.75 Å². The molecule has 1 atom stereocenters. The van der Waals surface area contributed by atoms with Gasteiger partial charge in [-0.2, -0.15) is 0 Å². The summed E-state index contributed by atoms with van der Waals surface area (Å²) >= 11 is 5.88. The van der Waals surface area contributed by atoms with E-state index in [2.05, 4.69) is 9.51 Å². The van der Waals surface area contributed by atoms with Crippen LogP contribution in [0.1, 0.15) is 21.7 Å². The number of carbonyl (C=O) groups excluding carboxylic acids is 1. The summed E-state index contributed by atoms with van der Waals surface area (Å²) in [4.78, 5) is 15.5. The number of phenolic OH excluding ortho intramolecular Hbond substituents is 1. The lowest BCUT2D eigenvalue weighted by molar-refractivity contribution is 0.0759. The molecule has 0 saturated heterocycles. The lowest BCUT2D eigenvalue weighted by Crippen LogP contribution is -2.04. The molecule has 0 saturated carbocycles. The second kappa shape index (κ2) is 6.00. The summed E-state index contributed by atoms with van der Waals surface area (Å²) in [7, 11) is 1.89. The van der Waals surface area contributed by atoms with Gasteiger partial charge in [0.1, 0.15) is 11.4 Å². The van der Waals surface area contributed by atoms with Gasteiger partial charge in [0.05, 0.1) is 9.47 Å². The maximum atomic E-state index is 11.4. The van der Waals surface area contributed by atoms with E-state index in [1.807, 2.05) is 9.47 Å². The molecule has 1 unspecified atom stereocenters. The highest BCUT2D eigenvalue weighted by molar-refractivity contribution is 7.10. The van der Waals surface area contributed by atoms with Gasteiger partial charge >= 0.3 is 5.97 Å². The molecule has 1 aromatic carbocycles. The van der Waals surface area contributed by atoms with Crippen LogP contribution in [-0.2, 0) is 10.9 Å². The smallest absolute Gasteiger partial charge is 0.359 e. The lowest BCUT2D eigenvalue weighted by Gasteiger charge is -2.06. The highest BCUT2D eigenvalue weighted by Crippen LogP contribution is 2.23. The van der Waals surface area contributed by atoms with Crippen molar-refractivity contribution in [1.82, 2.24) is 4.98 Å². The average Bonchev–Trinajstić information content (AvgIpc) is 2.42. The van der Waals surface area contributed by atoms with E-state index in [-0.39, 0.29) is 11.4 Å². The SMILES string of the molecule is O=C(OP)c1cccc(Cc2cc(Cl)ccc2O)n1. The van der Waals surface area contributed by atoms with Gasteiger partial charge in [-0.3, -0.25) is 0 Å². The van der Waals surface area contributed by atoms with Gasteiger partial charge in [0, 0.05) is 22.7 Å². The maximum Gasteiger partial charge on any atom is 0.359 e. The minimum Gasteiger partial charge on any atom is -0.508 e. The Bertz CT molecular complexity index is 619. The monoisotopic (exact) mass is 295 g/mol. The van der Waals surface area contributed by atoms with Crippen molar-refractivity contribution in [2.24, 2.45) is 0 Å². The molecule has 19 heavy (non-hydrogen) atoms. The molecule has 1 aromatic heterocycles. The normalized spacial score (nSPS) is 10.2. The number of phenols is 1. The van der Waals surface area contributed by atoms with E-state index >= 15 is 0 Å². The first-order valence-corrected chi connectivity index (χ1v) is 6.29. The molecule has 4 nitrogen and oxygen atoms in total. The number of nitrogens with zero attached hydrogens (tertiary/aromatic N) is 1. The standard InChI is InChI=1S/C13H11ClNO3P/c14-9-4-5-12(16)8(6-9)7-10-2-1-3-11(15-10)13(17)18-19/h1-6,16H,7,19H2. The molecule has 0 aliphatic heterocycles. The van der Waals surface area contributed by atoms with Crippen LogP contribution in [0.2, 0.25) is 5.02 Å². The van der Waals surface area contributed by atoms with E-state index < -0.39 is 5.97 Å². The number of rotatable bonds is 3. The Balaban J connectivity index is 2.28. The molecular weight excluding hydrogens is 285 g/mol.